The van der Waals surface area contributed by atoms with E-state index < -0.39 is 0 Å². The molecule has 2 N–H and O–H groups in total. The third-order valence-corrected chi connectivity index (χ3v) is 4.16. The van der Waals surface area contributed by atoms with E-state index in [4.69, 9.17) is 9.47 Å². The molecule has 1 aliphatic rings. The van der Waals surface area contributed by atoms with Crippen LogP contribution in [0.25, 0.3) is 0 Å². The minimum atomic E-state index is -0.0882. The highest BCUT2D eigenvalue weighted by Crippen LogP contribution is 2.36. The summed E-state index contributed by atoms with van der Waals surface area (Å²) in [5.41, 5.74) is 0.568. The van der Waals surface area contributed by atoms with Gasteiger partial charge in [0, 0.05) is 18.2 Å². The predicted octanol–water partition coefficient (Wildman–Crippen LogP) is 2.73. The summed E-state index contributed by atoms with van der Waals surface area (Å²) in [5.74, 6) is 1.12. The molecule has 0 bridgehead atoms. The maximum atomic E-state index is 12.4. The van der Waals surface area contributed by atoms with Gasteiger partial charge in [-0.3, -0.25) is 4.79 Å². The summed E-state index contributed by atoms with van der Waals surface area (Å²) < 4.78 is 11.8. The van der Waals surface area contributed by atoms with Crippen molar-refractivity contribution in [3.63, 3.8) is 0 Å². The minimum Gasteiger partial charge on any atom is -0.493 e. The molecule has 2 rings (SSSR count). The van der Waals surface area contributed by atoms with Crippen molar-refractivity contribution >= 4 is 21.8 Å². The number of ether oxygens (including phenoxy) is 2. The molecule has 122 valence electrons. The molecule has 1 amide bonds. The largest absolute Gasteiger partial charge is 0.493 e. The van der Waals surface area contributed by atoms with Crippen LogP contribution in [0.2, 0.25) is 0 Å². The Morgan fingerprint density at radius 3 is 2.95 bits per heavy atom. The van der Waals surface area contributed by atoms with Crippen LogP contribution in [0, 0.1) is 0 Å². The molecular formula is C16H23BrN2O3. The number of benzene rings is 1. The van der Waals surface area contributed by atoms with E-state index in [0.29, 0.717) is 23.7 Å². The fourth-order valence-corrected chi connectivity index (χ4v) is 3.00. The molecule has 1 aromatic carbocycles. The van der Waals surface area contributed by atoms with E-state index >= 15 is 0 Å². The first kappa shape index (κ1) is 17.1. The maximum Gasteiger partial charge on any atom is 0.251 e. The summed E-state index contributed by atoms with van der Waals surface area (Å²) >= 11 is 3.47. The first-order chi connectivity index (χ1) is 10.7. The van der Waals surface area contributed by atoms with Crippen LogP contribution in [0.3, 0.4) is 0 Å². The molecule has 1 aliphatic heterocycles. The fraction of sp³-hybridized carbons (Fsp3) is 0.562. The molecule has 0 radical (unpaired) electrons. The average Bonchev–Trinajstić information content (AvgIpc) is 2.54. The van der Waals surface area contributed by atoms with Gasteiger partial charge in [0.15, 0.2) is 11.5 Å². The Kier molecular flexibility index (Phi) is 6.51. The number of halogens is 1. The second-order valence-electron chi connectivity index (χ2n) is 5.35. The van der Waals surface area contributed by atoms with Gasteiger partial charge in [0.05, 0.1) is 18.2 Å². The summed E-state index contributed by atoms with van der Waals surface area (Å²) in [6, 6.07) is 3.68. The molecule has 0 aromatic heterocycles. The minimum absolute atomic E-state index is 0.0882. The molecule has 0 aliphatic carbocycles. The van der Waals surface area contributed by atoms with E-state index in [1.54, 1.807) is 19.2 Å². The average molecular weight is 371 g/mol. The van der Waals surface area contributed by atoms with Crippen LogP contribution in [-0.4, -0.2) is 38.8 Å². The van der Waals surface area contributed by atoms with Crippen molar-refractivity contribution in [2.24, 2.45) is 0 Å². The normalized spacial score (nSPS) is 17.9. The van der Waals surface area contributed by atoms with E-state index in [1.807, 2.05) is 6.92 Å². The molecule has 1 saturated heterocycles. The highest BCUT2D eigenvalue weighted by Gasteiger charge is 2.19. The van der Waals surface area contributed by atoms with Crippen LogP contribution in [0.1, 0.15) is 36.5 Å². The van der Waals surface area contributed by atoms with Gasteiger partial charge in [0.2, 0.25) is 0 Å². The Hall–Kier alpha value is -1.27. The SMILES string of the molecule is CCCOc1c(Br)cc(C(=O)NC2CCCNC2)cc1OC. The van der Waals surface area contributed by atoms with Gasteiger partial charge in [-0.25, -0.2) is 0 Å². The first-order valence-corrected chi connectivity index (χ1v) is 8.47. The van der Waals surface area contributed by atoms with Gasteiger partial charge in [-0.1, -0.05) is 6.92 Å². The van der Waals surface area contributed by atoms with Crippen molar-refractivity contribution in [3.8, 4) is 11.5 Å². The number of nitrogens with one attached hydrogen (secondary N) is 2. The van der Waals surface area contributed by atoms with Gasteiger partial charge >= 0.3 is 0 Å². The second-order valence-corrected chi connectivity index (χ2v) is 6.21. The van der Waals surface area contributed by atoms with Crippen molar-refractivity contribution in [3.05, 3.63) is 22.2 Å². The van der Waals surface area contributed by atoms with E-state index in [-0.39, 0.29) is 11.9 Å². The van der Waals surface area contributed by atoms with Crippen LogP contribution in [0.15, 0.2) is 16.6 Å². The summed E-state index contributed by atoms with van der Waals surface area (Å²) in [6.45, 7) is 4.49. The van der Waals surface area contributed by atoms with Gasteiger partial charge < -0.3 is 20.1 Å². The Labute approximate surface area is 139 Å². The van der Waals surface area contributed by atoms with Crippen molar-refractivity contribution in [1.29, 1.82) is 0 Å². The van der Waals surface area contributed by atoms with Gasteiger partial charge in [0.1, 0.15) is 0 Å². The van der Waals surface area contributed by atoms with Crippen molar-refractivity contribution in [1.82, 2.24) is 10.6 Å². The highest BCUT2D eigenvalue weighted by atomic mass is 79.9. The lowest BCUT2D eigenvalue weighted by Gasteiger charge is -2.24. The third-order valence-electron chi connectivity index (χ3n) is 3.57. The number of piperidine rings is 1. The second kappa shape index (κ2) is 8.39. The predicted molar refractivity (Wildman–Crippen MR) is 89.8 cm³/mol. The number of carbonyl (C=O) groups is 1. The van der Waals surface area contributed by atoms with Gasteiger partial charge in [-0.2, -0.15) is 0 Å². The van der Waals surface area contributed by atoms with Crippen LogP contribution in [0.4, 0.5) is 0 Å². The monoisotopic (exact) mass is 370 g/mol. The number of hydrogen-bond acceptors (Lipinski definition) is 4. The number of amides is 1. The highest BCUT2D eigenvalue weighted by molar-refractivity contribution is 9.10. The van der Waals surface area contributed by atoms with Gasteiger partial charge in [-0.05, 0) is 53.9 Å². The van der Waals surface area contributed by atoms with Crippen LogP contribution in [0.5, 0.6) is 11.5 Å². The number of carbonyl (C=O) groups excluding carboxylic acids is 1. The molecule has 0 saturated carbocycles. The van der Waals surface area contributed by atoms with Crippen LogP contribution in [-0.2, 0) is 0 Å². The molecule has 1 unspecified atom stereocenters. The molecule has 1 fully saturated rings. The summed E-state index contributed by atoms with van der Waals surface area (Å²) in [5, 5.41) is 6.35. The molecule has 1 heterocycles. The zero-order valence-electron chi connectivity index (χ0n) is 13.1. The molecule has 1 aromatic rings. The molecular weight excluding hydrogens is 348 g/mol. The van der Waals surface area contributed by atoms with E-state index in [9.17, 15) is 4.79 Å². The van der Waals surface area contributed by atoms with E-state index in [0.717, 1.165) is 36.8 Å². The van der Waals surface area contributed by atoms with Gasteiger partial charge in [-0.15, -0.1) is 0 Å². The zero-order chi connectivity index (χ0) is 15.9. The quantitative estimate of drug-likeness (QED) is 0.808. The number of rotatable bonds is 6. The van der Waals surface area contributed by atoms with E-state index in [2.05, 4.69) is 26.6 Å². The molecule has 22 heavy (non-hydrogen) atoms. The third kappa shape index (κ3) is 4.36. The summed E-state index contributed by atoms with van der Waals surface area (Å²) in [4.78, 5) is 12.4. The summed E-state index contributed by atoms with van der Waals surface area (Å²) in [7, 11) is 1.58. The summed E-state index contributed by atoms with van der Waals surface area (Å²) in [6.07, 6.45) is 3.00. The zero-order valence-corrected chi connectivity index (χ0v) is 14.7. The maximum absolute atomic E-state index is 12.4. The first-order valence-electron chi connectivity index (χ1n) is 7.67. The Morgan fingerprint density at radius 2 is 2.32 bits per heavy atom. The van der Waals surface area contributed by atoms with Gasteiger partial charge in [0.25, 0.3) is 5.91 Å². The Balaban J connectivity index is 2.12. The lowest BCUT2D eigenvalue weighted by molar-refractivity contribution is 0.0930. The van der Waals surface area contributed by atoms with Crippen LogP contribution >= 0.6 is 15.9 Å². The topological polar surface area (TPSA) is 59.6 Å². The fourth-order valence-electron chi connectivity index (χ4n) is 2.44. The van der Waals surface area contributed by atoms with Crippen LogP contribution < -0.4 is 20.1 Å². The molecule has 5 nitrogen and oxygen atoms in total. The lowest BCUT2D eigenvalue weighted by Crippen LogP contribution is -2.45. The lowest BCUT2D eigenvalue weighted by atomic mass is 10.1. The van der Waals surface area contributed by atoms with Crippen molar-refractivity contribution < 1.29 is 14.3 Å². The number of hydrogen-bond donors (Lipinski definition) is 2. The van der Waals surface area contributed by atoms with Crippen molar-refractivity contribution in [2.45, 2.75) is 32.2 Å². The Morgan fingerprint density at radius 1 is 1.50 bits per heavy atom. The molecule has 6 heteroatoms. The van der Waals surface area contributed by atoms with Crippen molar-refractivity contribution in [2.75, 3.05) is 26.8 Å². The number of methoxy groups -OCH3 is 1. The Bertz CT molecular complexity index is 516. The molecule has 0 spiro atoms. The van der Waals surface area contributed by atoms with E-state index in [1.165, 1.54) is 0 Å². The smallest absolute Gasteiger partial charge is 0.251 e. The molecule has 1 atom stereocenters. The standard InChI is InChI=1S/C16H23BrN2O3/c1-3-7-22-15-13(17)8-11(9-14(15)21-2)16(20)19-12-5-4-6-18-10-12/h8-9,12,18H,3-7,10H2,1-2H3,(H,19,20).